The summed E-state index contributed by atoms with van der Waals surface area (Å²) in [6.07, 6.45) is 7.27. The van der Waals surface area contributed by atoms with Gasteiger partial charge in [0, 0.05) is 13.2 Å². The molecule has 17 heavy (non-hydrogen) atoms. The third kappa shape index (κ3) is 2.63. The second kappa shape index (κ2) is 5.36. The zero-order chi connectivity index (χ0) is 12.3. The van der Waals surface area contributed by atoms with Crippen LogP contribution in [0.1, 0.15) is 44.9 Å². The van der Waals surface area contributed by atoms with Crippen LogP contribution in [0.3, 0.4) is 0 Å². The number of likely N-dealkylation sites (N-methyl/N-ethyl adjacent to an activating group) is 1. The quantitative estimate of drug-likeness (QED) is 0.816. The lowest BCUT2D eigenvalue weighted by Gasteiger charge is -2.37. The molecule has 4 heteroatoms. The van der Waals surface area contributed by atoms with Gasteiger partial charge >= 0.3 is 5.97 Å². The molecule has 1 heterocycles. The van der Waals surface area contributed by atoms with E-state index in [1.807, 2.05) is 11.9 Å². The Labute approximate surface area is 103 Å². The first-order valence-corrected chi connectivity index (χ1v) is 6.71. The first-order chi connectivity index (χ1) is 8.15. The number of carboxylic acids is 1. The Bertz CT molecular complexity index is 268. The fourth-order valence-corrected chi connectivity index (χ4v) is 3.15. The van der Waals surface area contributed by atoms with Crippen LogP contribution in [0.5, 0.6) is 0 Å². The van der Waals surface area contributed by atoms with E-state index in [2.05, 4.69) is 0 Å². The highest BCUT2D eigenvalue weighted by Crippen LogP contribution is 2.35. The molecule has 1 aliphatic heterocycles. The fraction of sp³-hybridized carbons (Fsp3) is 0.923. The number of aliphatic carboxylic acids is 1. The summed E-state index contributed by atoms with van der Waals surface area (Å²) in [5.41, 5.74) is -0.624. The monoisotopic (exact) mass is 241 g/mol. The van der Waals surface area contributed by atoms with E-state index in [0.29, 0.717) is 0 Å². The topological polar surface area (TPSA) is 49.8 Å². The minimum atomic E-state index is -0.659. The van der Waals surface area contributed by atoms with Crippen molar-refractivity contribution in [2.45, 2.75) is 56.6 Å². The molecule has 0 aromatic carbocycles. The van der Waals surface area contributed by atoms with E-state index in [4.69, 9.17) is 4.74 Å². The fourth-order valence-electron chi connectivity index (χ4n) is 3.15. The Kier molecular flexibility index (Phi) is 4.05. The number of carbonyl (C=O) groups is 1. The molecule has 0 radical (unpaired) electrons. The van der Waals surface area contributed by atoms with Crippen LogP contribution in [0.4, 0.5) is 0 Å². The lowest BCUT2D eigenvalue weighted by molar-refractivity contribution is -0.152. The number of hydrogen-bond acceptors (Lipinski definition) is 3. The smallest absolute Gasteiger partial charge is 0.324 e. The van der Waals surface area contributed by atoms with Crippen LogP contribution in [0, 0.1) is 0 Å². The van der Waals surface area contributed by atoms with Crippen molar-refractivity contribution >= 4 is 5.97 Å². The summed E-state index contributed by atoms with van der Waals surface area (Å²) in [7, 11) is 1.94. The second-order valence-electron chi connectivity index (χ2n) is 5.41. The summed E-state index contributed by atoms with van der Waals surface area (Å²) >= 11 is 0. The molecule has 2 rings (SSSR count). The maximum absolute atomic E-state index is 11.5. The van der Waals surface area contributed by atoms with Crippen molar-refractivity contribution in [3.63, 3.8) is 0 Å². The molecule has 1 aliphatic carbocycles. The number of hydrogen-bond donors (Lipinski definition) is 1. The Morgan fingerprint density at radius 2 is 2.06 bits per heavy atom. The first kappa shape index (κ1) is 12.8. The summed E-state index contributed by atoms with van der Waals surface area (Å²) in [5, 5.41) is 9.48. The van der Waals surface area contributed by atoms with Gasteiger partial charge in [-0.2, -0.15) is 0 Å². The van der Waals surface area contributed by atoms with Gasteiger partial charge in [0.05, 0.1) is 6.10 Å². The van der Waals surface area contributed by atoms with Crippen LogP contribution in [-0.2, 0) is 9.53 Å². The minimum Gasteiger partial charge on any atom is -0.480 e. The summed E-state index contributed by atoms with van der Waals surface area (Å²) in [5.74, 6) is -0.659. The van der Waals surface area contributed by atoms with Crippen LogP contribution >= 0.6 is 0 Å². The molecule has 2 fully saturated rings. The van der Waals surface area contributed by atoms with Crippen molar-refractivity contribution in [3.05, 3.63) is 0 Å². The van der Waals surface area contributed by atoms with Crippen molar-refractivity contribution in [1.29, 1.82) is 0 Å². The molecule has 0 aromatic rings. The van der Waals surface area contributed by atoms with Gasteiger partial charge in [0.1, 0.15) is 5.54 Å². The highest BCUT2D eigenvalue weighted by atomic mass is 16.5. The second-order valence-corrected chi connectivity index (χ2v) is 5.41. The summed E-state index contributed by atoms with van der Waals surface area (Å²) in [4.78, 5) is 13.6. The van der Waals surface area contributed by atoms with Gasteiger partial charge in [-0.25, -0.2) is 0 Å². The molecule has 98 valence electrons. The molecular formula is C13H23NO3. The third-order valence-electron chi connectivity index (χ3n) is 4.31. The van der Waals surface area contributed by atoms with Crippen molar-refractivity contribution in [2.24, 2.45) is 0 Å². The van der Waals surface area contributed by atoms with E-state index < -0.39 is 11.5 Å². The molecule has 0 aromatic heterocycles. The molecule has 1 unspecified atom stereocenters. The number of ether oxygens (including phenoxy) is 1. The average molecular weight is 241 g/mol. The zero-order valence-electron chi connectivity index (χ0n) is 10.7. The van der Waals surface area contributed by atoms with E-state index in [1.165, 1.54) is 6.42 Å². The van der Waals surface area contributed by atoms with Crippen LogP contribution in [0.15, 0.2) is 0 Å². The van der Waals surface area contributed by atoms with Gasteiger partial charge in [-0.15, -0.1) is 0 Å². The maximum atomic E-state index is 11.5. The number of carboxylic acid groups (broad SMARTS) is 1. The van der Waals surface area contributed by atoms with Gasteiger partial charge in [-0.1, -0.05) is 12.8 Å². The highest BCUT2D eigenvalue weighted by Gasteiger charge is 2.45. The van der Waals surface area contributed by atoms with Crippen LogP contribution < -0.4 is 0 Å². The number of nitrogens with zero attached hydrogens (tertiary/aromatic N) is 1. The molecule has 0 spiro atoms. The lowest BCUT2D eigenvalue weighted by atomic mass is 9.94. The third-order valence-corrected chi connectivity index (χ3v) is 4.31. The van der Waals surface area contributed by atoms with Gasteiger partial charge in [-0.3, -0.25) is 9.69 Å². The SMILES string of the molecule is CN(CC1CCCCO1)C1(C(=O)O)CCCC1. The van der Waals surface area contributed by atoms with Crippen molar-refractivity contribution in [3.8, 4) is 0 Å². The summed E-state index contributed by atoms with van der Waals surface area (Å²) < 4.78 is 5.70. The summed E-state index contributed by atoms with van der Waals surface area (Å²) in [6.45, 7) is 1.59. The van der Waals surface area contributed by atoms with Crippen molar-refractivity contribution in [1.82, 2.24) is 4.90 Å². The largest absolute Gasteiger partial charge is 0.480 e. The van der Waals surface area contributed by atoms with E-state index in [-0.39, 0.29) is 6.10 Å². The summed E-state index contributed by atoms with van der Waals surface area (Å²) in [6, 6.07) is 0. The van der Waals surface area contributed by atoms with Crippen LogP contribution in [-0.4, -0.2) is 47.8 Å². The minimum absolute atomic E-state index is 0.227. The molecule has 1 N–H and O–H groups in total. The molecule has 1 saturated carbocycles. The molecule has 4 nitrogen and oxygen atoms in total. The van der Waals surface area contributed by atoms with E-state index in [1.54, 1.807) is 0 Å². The van der Waals surface area contributed by atoms with Crippen molar-refractivity contribution < 1.29 is 14.6 Å². The standard InChI is InChI=1S/C13H23NO3/c1-14(10-11-6-2-5-9-17-11)13(12(15)16)7-3-4-8-13/h11H,2-10H2,1H3,(H,15,16). The van der Waals surface area contributed by atoms with Gasteiger partial charge in [-0.05, 0) is 39.2 Å². The molecular weight excluding hydrogens is 218 g/mol. The predicted octanol–water partition coefficient (Wildman–Crippen LogP) is 1.88. The van der Waals surface area contributed by atoms with E-state index >= 15 is 0 Å². The normalized spacial score (nSPS) is 28.5. The van der Waals surface area contributed by atoms with Gasteiger partial charge in [0.25, 0.3) is 0 Å². The molecule has 1 atom stereocenters. The zero-order valence-corrected chi connectivity index (χ0v) is 10.7. The average Bonchev–Trinajstić information content (AvgIpc) is 2.80. The Hall–Kier alpha value is -0.610. The predicted molar refractivity (Wildman–Crippen MR) is 65.1 cm³/mol. The molecule has 0 amide bonds. The van der Waals surface area contributed by atoms with Gasteiger partial charge in [0.2, 0.25) is 0 Å². The molecule has 1 saturated heterocycles. The van der Waals surface area contributed by atoms with Gasteiger partial charge < -0.3 is 9.84 Å². The Morgan fingerprint density at radius 1 is 1.35 bits per heavy atom. The Morgan fingerprint density at radius 3 is 2.59 bits per heavy atom. The molecule has 2 aliphatic rings. The van der Waals surface area contributed by atoms with Gasteiger partial charge in [0.15, 0.2) is 0 Å². The molecule has 0 bridgehead atoms. The lowest BCUT2D eigenvalue weighted by Crippen LogP contribution is -2.53. The first-order valence-electron chi connectivity index (χ1n) is 6.71. The highest BCUT2D eigenvalue weighted by molar-refractivity contribution is 5.79. The van der Waals surface area contributed by atoms with Crippen molar-refractivity contribution in [2.75, 3.05) is 20.2 Å². The van der Waals surface area contributed by atoms with Crippen LogP contribution in [0.25, 0.3) is 0 Å². The maximum Gasteiger partial charge on any atom is 0.324 e. The van der Waals surface area contributed by atoms with E-state index in [0.717, 1.165) is 51.7 Å². The van der Waals surface area contributed by atoms with E-state index in [9.17, 15) is 9.90 Å². The van der Waals surface area contributed by atoms with Crippen LogP contribution in [0.2, 0.25) is 0 Å². The number of rotatable bonds is 4. The Balaban J connectivity index is 1.96.